The number of hydrogen-bond donors (Lipinski definition) is 2. The van der Waals surface area contributed by atoms with Crippen LogP contribution in [-0.2, 0) is 9.59 Å². The minimum Gasteiger partial charge on any atom is -0.457 e. The molecule has 1 unspecified atom stereocenters. The third-order valence-electron chi connectivity index (χ3n) is 5.93. The summed E-state index contributed by atoms with van der Waals surface area (Å²) < 4.78 is 6.00. The Morgan fingerprint density at radius 1 is 0.839 bits per heavy atom. The fraction of sp³-hybridized carbons (Fsp3) is 0.231. The number of carbonyl (C=O) groups is 2. The highest BCUT2D eigenvalue weighted by Gasteiger charge is 2.33. The first kappa shape index (κ1) is 19.4. The molecule has 2 N–H and O–H groups in total. The number of fused-ring (bicyclic) bond motifs is 2. The number of para-hydroxylation sites is 2. The Morgan fingerprint density at radius 3 is 2.00 bits per heavy atom. The quantitative estimate of drug-likeness (QED) is 0.609. The van der Waals surface area contributed by atoms with E-state index >= 15 is 0 Å². The van der Waals surface area contributed by atoms with E-state index in [0.29, 0.717) is 11.5 Å². The second-order valence-corrected chi connectivity index (χ2v) is 8.23. The Hall–Kier alpha value is -3.60. The van der Waals surface area contributed by atoms with Gasteiger partial charge >= 0.3 is 0 Å². The molecule has 31 heavy (non-hydrogen) atoms. The van der Waals surface area contributed by atoms with Crippen LogP contribution >= 0.6 is 0 Å². The van der Waals surface area contributed by atoms with Crippen LogP contribution in [0.3, 0.4) is 0 Å². The van der Waals surface area contributed by atoms with Gasteiger partial charge in [0.15, 0.2) is 0 Å². The molecular formula is C26H24N2O3. The third-order valence-corrected chi connectivity index (χ3v) is 5.93. The molecule has 2 amide bonds. The van der Waals surface area contributed by atoms with Gasteiger partial charge < -0.3 is 15.4 Å². The van der Waals surface area contributed by atoms with E-state index in [1.165, 1.54) is 0 Å². The summed E-state index contributed by atoms with van der Waals surface area (Å²) in [6.45, 7) is 1.97. The van der Waals surface area contributed by atoms with Gasteiger partial charge in [-0.05, 0) is 49.6 Å². The smallest absolute Gasteiger partial charge is 0.232 e. The zero-order valence-corrected chi connectivity index (χ0v) is 17.3. The van der Waals surface area contributed by atoms with Gasteiger partial charge in [0, 0.05) is 22.7 Å². The molecule has 156 valence electrons. The monoisotopic (exact) mass is 412 g/mol. The van der Waals surface area contributed by atoms with Crippen molar-refractivity contribution in [3.8, 4) is 11.5 Å². The maximum atomic E-state index is 13.4. The molecule has 0 spiro atoms. The number of anilines is 1. The van der Waals surface area contributed by atoms with Gasteiger partial charge in [0.2, 0.25) is 11.8 Å². The summed E-state index contributed by atoms with van der Waals surface area (Å²) in [5.74, 6) is 1.19. The number of amides is 2. The standard InChI is InChI=1S/C26H24N2O3/c1-16(17-12-14-19(15-13-17)28-25(29)18-10-11-18)27-26(30)24-20-6-2-4-8-22(20)31-23-9-5-3-7-21(23)24/h2-9,12-16,18,24H,10-11H2,1H3,(H,27,30)(H,28,29). The van der Waals surface area contributed by atoms with E-state index in [1.54, 1.807) is 0 Å². The molecule has 1 heterocycles. The molecule has 0 bridgehead atoms. The predicted octanol–water partition coefficient (Wildman–Crippen LogP) is 5.15. The normalized spacial score (nSPS) is 15.8. The fourth-order valence-electron chi connectivity index (χ4n) is 4.02. The maximum Gasteiger partial charge on any atom is 0.232 e. The molecule has 1 fully saturated rings. The van der Waals surface area contributed by atoms with Gasteiger partial charge in [-0.1, -0.05) is 48.5 Å². The maximum absolute atomic E-state index is 13.4. The van der Waals surface area contributed by atoms with Crippen molar-refractivity contribution in [3.05, 3.63) is 89.5 Å². The van der Waals surface area contributed by atoms with Gasteiger partial charge in [-0.3, -0.25) is 9.59 Å². The molecule has 1 saturated carbocycles. The van der Waals surface area contributed by atoms with Crippen LogP contribution in [-0.4, -0.2) is 11.8 Å². The molecule has 5 rings (SSSR count). The fourth-order valence-corrected chi connectivity index (χ4v) is 4.02. The average molecular weight is 412 g/mol. The van der Waals surface area contributed by atoms with Gasteiger partial charge in [-0.25, -0.2) is 0 Å². The average Bonchev–Trinajstić information content (AvgIpc) is 3.63. The lowest BCUT2D eigenvalue weighted by Gasteiger charge is -2.28. The number of benzene rings is 3. The van der Waals surface area contributed by atoms with E-state index in [9.17, 15) is 9.59 Å². The van der Waals surface area contributed by atoms with E-state index in [4.69, 9.17) is 4.74 Å². The Balaban J connectivity index is 1.33. The second kappa shape index (κ2) is 7.91. The Labute approximate surface area is 181 Å². The molecule has 2 aliphatic rings. The van der Waals surface area contributed by atoms with Crippen molar-refractivity contribution in [2.24, 2.45) is 5.92 Å². The lowest BCUT2D eigenvalue weighted by Crippen LogP contribution is -2.33. The number of nitrogens with one attached hydrogen (secondary N) is 2. The minimum atomic E-state index is -0.430. The van der Waals surface area contributed by atoms with Crippen LogP contribution in [0.2, 0.25) is 0 Å². The second-order valence-electron chi connectivity index (χ2n) is 8.23. The summed E-state index contributed by atoms with van der Waals surface area (Å²) in [4.78, 5) is 25.3. The van der Waals surface area contributed by atoms with Crippen LogP contribution in [0.4, 0.5) is 5.69 Å². The third kappa shape index (κ3) is 3.91. The van der Waals surface area contributed by atoms with E-state index in [2.05, 4.69) is 10.6 Å². The zero-order chi connectivity index (χ0) is 21.4. The highest BCUT2D eigenvalue weighted by atomic mass is 16.5. The van der Waals surface area contributed by atoms with E-state index in [-0.39, 0.29) is 23.8 Å². The number of carbonyl (C=O) groups excluding carboxylic acids is 2. The molecule has 0 saturated heterocycles. The highest BCUT2D eigenvalue weighted by Crippen LogP contribution is 2.44. The Morgan fingerprint density at radius 2 is 1.42 bits per heavy atom. The summed E-state index contributed by atoms with van der Waals surface area (Å²) in [5, 5.41) is 6.10. The van der Waals surface area contributed by atoms with E-state index in [1.807, 2.05) is 79.7 Å². The SMILES string of the molecule is CC(NC(=O)C1c2ccccc2Oc2ccccc21)c1ccc(NC(=O)C2CC2)cc1. The molecule has 1 aliphatic heterocycles. The molecule has 0 aromatic heterocycles. The lowest BCUT2D eigenvalue weighted by molar-refractivity contribution is -0.122. The van der Waals surface area contributed by atoms with E-state index < -0.39 is 5.92 Å². The summed E-state index contributed by atoms with van der Waals surface area (Å²) in [5.41, 5.74) is 3.49. The van der Waals surface area contributed by atoms with Crippen LogP contribution in [0.5, 0.6) is 11.5 Å². The molecule has 0 radical (unpaired) electrons. The van der Waals surface area contributed by atoms with Crippen molar-refractivity contribution in [1.29, 1.82) is 0 Å². The van der Waals surface area contributed by atoms with Crippen molar-refractivity contribution in [1.82, 2.24) is 5.32 Å². The molecular weight excluding hydrogens is 388 g/mol. The van der Waals surface area contributed by atoms with Gasteiger partial charge in [0.05, 0.1) is 12.0 Å². The summed E-state index contributed by atoms with van der Waals surface area (Å²) in [6, 6.07) is 22.8. The zero-order valence-electron chi connectivity index (χ0n) is 17.3. The van der Waals surface area contributed by atoms with Crippen molar-refractivity contribution in [2.45, 2.75) is 31.7 Å². The highest BCUT2D eigenvalue weighted by molar-refractivity contribution is 5.94. The summed E-state index contributed by atoms with van der Waals surface area (Å²) >= 11 is 0. The van der Waals surface area contributed by atoms with Crippen LogP contribution in [0, 0.1) is 5.92 Å². The van der Waals surface area contributed by atoms with Crippen molar-refractivity contribution < 1.29 is 14.3 Å². The molecule has 3 aromatic carbocycles. The molecule has 1 atom stereocenters. The van der Waals surface area contributed by atoms with Crippen LogP contribution < -0.4 is 15.4 Å². The summed E-state index contributed by atoms with van der Waals surface area (Å²) in [6.07, 6.45) is 1.96. The van der Waals surface area contributed by atoms with Crippen LogP contribution in [0.1, 0.15) is 48.4 Å². The predicted molar refractivity (Wildman–Crippen MR) is 119 cm³/mol. The number of rotatable bonds is 5. The summed E-state index contributed by atoms with van der Waals surface area (Å²) in [7, 11) is 0. The Kier molecular flexibility index (Phi) is 4.94. The topological polar surface area (TPSA) is 67.4 Å². The first-order valence-corrected chi connectivity index (χ1v) is 10.7. The van der Waals surface area contributed by atoms with Gasteiger partial charge in [-0.15, -0.1) is 0 Å². The van der Waals surface area contributed by atoms with E-state index in [0.717, 1.165) is 35.2 Å². The van der Waals surface area contributed by atoms with Gasteiger partial charge in [0.25, 0.3) is 0 Å². The van der Waals surface area contributed by atoms with Gasteiger partial charge in [-0.2, -0.15) is 0 Å². The number of hydrogen-bond acceptors (Lipinski definition) is 3. The van der Waals surface area contributed by atoms with Crippen LogP contribution in [0.15, 0.2) is 72.8 Å². The van der Waals surface area contributed by atoms with Crippen molar-refractivity contribution in [3.63, 3.8) is 0 Å². The Bertz CT molecular complexity index is 1090. The van der Waals surface area contributed by atoms with Gasteiger partial charge in [0.1, 0.15) is 11.5 Å². The molecule has 5 nitrogen and oxygen atoms in total. The molecule has 3 aromatic rings. The minimum absolute atomic E-state index is 0.0678. The molecule has 5 heteroatoms. The van der Waals surface area contributed by atoms with Crippen molar-refractivity contribution >= 4 is 17.5 Å². The lowest BCUT2D eigenvalue weighted by atomic mass is 9.87. The van der Waals surface area contributed by atoms with Crippen molar-refractivity contribution in [2.75, 3.05) is 5.32 Å². The first-order valence-electron chi connectivity index (χ1n) is 10.7. The number of ether oxygens (including phenoxy) is 1. The largest absolute Gasteiger partial charge is 0.457 e. The molecule has 1 aliphatic carbocycles. The first-order chi connectivity index (χ1) is 15.1. The van der Waals surface area contributed by atoms with Crippen LogP contribution in [0.25, 0.3) is 0 Å².